The second-order valence-corrected chi connectivity index (χ2v) is 5.74. The molecule has 6 heteroatoms. The van der Waals surface area contributed by atoms with E-state index in [-0.39, 0.29) is 12.5 Å². The zero-order chi connectivity index (χ0) is 17.8. The molecule has 128 valence electrons. The van der Waals surface area contributed by atoms with E-state index in [9.17, 15) is 4.79 Å². The van der Waals surface area contributed by atoms with Gasteiger partial charge < -0.3 is 19.6 Å². The van der Waals surface area contributed by atoms with E-state index < -0.39 is 0 Å². The number of carbonyl (C=O) groups excluding carboxylic acids is 1. The first-order chi connectivity index (χ1) is 12.1. The van der Waals surface area contributed by atoms with Crippen LogP contribution in [-0.2, 0) is 6.61 Å². The average molecular weight is 358 g/mol. The van der Waals surface area contributed by atoms with E-state index in [0.717, 1.165) is 5.56 Å². The van der Waals surface area contributed by atoms with E-state index in [1.165, 1.54) is 7.11 Å². The van der Waals surface area contributed by atoms with E-state index in [1.54, 1.807) is 42.5 Å². The van der Waals surface area contributed by atoms with Crippen LogP contribution >= 0.6 is 11.6 Å². The van der Waals surface area contributed by atoms with Gasteiger partial charge in [-0.2, -0.15) is 0 Å². The number of aliphatic hydroxyl groups is 1. The van der Waals surface area contributed by atoms with Crippen LogP contribution in [0.15, 0.2) is 59.0 Å². The molecule has 0 radical (unpaired) electrons. The highest BCUT2D eigenvalue weighted by molar-refractivity contribution is 6.31. The Balaban J connectivity index is 1.77. The number of rotatable bonds is 5. The minimum atomic E-state index is -0.312. The number of hydrogen-bond donors (Lipinski definition) is 2. The number of furan rings is 1. The van der Waals surface area contributed by atoms with Gasteiger partial charge >= 0.3 is 0 Å². The predicted molar refractivity (Wildman–Crippen MR) is 96.0 cm³/mol. The fourth-order valence-corrected chi connectivity index (χ4v) is 2.56. The summed E-state index contributed by atoms with van der Waals surface area (Å²) in [5, 5.41) is 12.3. The molecule has 0 saturated carbocycles. The van der Waals surface area contributed by atoms with Crippen molar-refractivity contribution in [1.82, 2.24) is 0 Å². The molecule has 0 bridgehead atoms. The van der Waals surface area contributed by atoms with Gasteiger partial charge in [-0.3, -0.25) is 4.79 Å². The number of benzene rings is 2. The fourth-order valence-electron chi connectivity index (χ4n) is 2.39. The molecule has 2 N–H and O–H groups in total. The normalized spacial score (nSPS) is 10.5. The molecule has 0 fully saturated rings. The number of aliphatic hydroxyl groups excluding tert-OH is 1. The lowest BCUT2D eigenvalue weighted by molar-refractivity contribution is 0.102. The van der Waals surface area contributed by atoms with Gasteiger partial charge in [0.05, 0.1) is 12.7 Å². The van der Waals surface area contributed by atoms with Gasteiger partial charge in [-0.05, 0) is 54.6 Å². The molecule has 25 heavy (non-hydrogen) atoms. The monoisotopic (exact) mass is 357 g/mol. The molecule has 3 aromatic rings. The van der Waals surface area contributed by atoms with Gasteiger partial charge in [0.15, 0.2) is 0 Å². The topological polar surface area (TPSA) is 71.7 Å². The molecular weight excluding hydrogens is 342 g/mol. The maximum atomic E-state index is 12.4. The molecule has 0 aliphatic rings. The minimum absolute atomic E-state index is 0.143. The smallest absolute Gasteiger partial charge is 0.259 e. The number of amides is 1. The van der Waals surface area contributed by atoms with Crippen LogP contribution in [0.5, 0.6) is 5.75 Å². The Kier molecular flexibility index (Phi) is 5.07. The SMILES string of the molecule is COc1ccc(Cl)cc1C(=O)Nc1ccc(-c2ccc(CO)o2)cc1. The molecule has 0 aliphatic heterocycles. The Bertz CT molecular complexity index is 887. The summed E-state index contributed by atoms with van der Waals surface area (Å²) in [5.74, 6) is 1.29. The van der Waals surface area contributed by atoms with Gasteiger partial charge in [-0.25, -0.2) is 0 Å². The Morgan fingerprint density at radius 3 is 2.56 bits per heavy atom. The summed E-state index contributed by atoms with van der Waals surface area (Å²) in [5.41, 5.74) is 1.83. The summed E-state index contributed by atoms with van der Waals surface area (Å²) in [7, 11) is 1.50. The standard InChI is InChI=1S/C19H16ClNO4/c1-24-18-8-4-13(20)10-16(18)19(23)21-14-5-2-12(3-6-14)17-9-7-15(11-22)25-17/h2-10,22H,11H2,1H3,(H,21,23). The summed E-state index contributed by atoms with van der Waals surface area (Å²) >= 11 is 5.96. The Morgan fingerprint density at radius 2 is 1.92 bits per heavy atom. The van der Waals surface area contributed by atoms with Crippen molar-refractivity contribution >= 4 is 23.2 Å². The van der Waals surface area contributed by atoms with Crippen molar-refractivity contribution in [3.8, 4) is 17.1 Å². The van der Waals surface area contributed by atoms with E-state index >= 15 is 0 Å². The van der Waals surface area contributed by atoms with Gasteiger partial charge in [0.1, 0.15) is 23.9 Å². The van der Waals surface area contributed by atoms with Gasteiger partial charge in [0, 0.05) is 16.3 Å². The lowest BCUT2D eigenvalue weighted by Gasteiger charge is -2.10. The zero-order valence-corrected chi connectivity index (χ0v) is 14.2. The van der Waals surface area contributed by atoms with Crippen LogP contribution in [-0.4, -0.2) is 18.1 Å². The van der Waals surface area contributed by atoms with Crippen molar-refractivity contribution in [2.75, 3.05) is 12.4 Å². The largest absolute Gasteiger partial charge is 0.496 e. The van der Waals surface area contributed by atoms with Crippen LogP contribution in [0.4, 0.5) is 5.69 Å². The molecule has 0 saturated heterocycles. The number of halogens is 1. The molecule has 5 nitrogen and oxygen atoms in total. The van der Waals surface area contributed by atoms with Crippen molar-refractivity contribution in [2.45, 2.75) is 6.61 Å². The third kappa shape index (κ3) is 3.84. The molecule has 0 unspecified atom stereocenters. The first-order valence-electron chi connectivity index (χ1n) is 7.55. The molecule has 1 heterocycles. The first-order valence-corrected chi connectivity index (χ1v) is 7.93. The molecule has 0 spiro atoms. The van der Waals surface area contributed by atoms with Gasteiger partial charge in [0.25, 0.3) is 5.91 Å². The molecule has 2 aromatic carbocycles. The highest BCUT2D eigenvalue weighted by atomic mass is 35.5. The van der Waals surface area contributed by atoms with Crippen LogP contribution in [0.3, 0.4) is 0 Å². The zero-order valence-electron chi connectivity index (χ0n) is 13.5. The predicted octanol–water partition coefficient (Wildman–Crippen LogP) is 4.35. The van der Waals surface area contributed by atoms with Crippen LogP contribution in [0, 0.1) is 0 Å². The van der Waals surface area contributed by atoms with Crippen molar-refractivity contribution < 1.29 is 19.1 Å². The van der Waals surface area contributed by atoms with Crippen LogP contribution in [0.2, 0.25) is 5.02 Å². The van der Waals surface area contributed by atoms with E-state index in [4.69, 9.17) is 25.9 Å². The van der Waals surface area contributed by atoms with Crippen molar-refractivity contribution in [3.63, 3.8) is 0 Å². The highest BCUT2D eigenvalue weighted by Gasteiger charge is 2.13. The molecular formula is C19H16ClNO4. The van der Waals surface area contributed by atoms with Crippen molar-refractivity contribution in [2.24, 2.45) is 0 Å². The minimum Gasteiger partial charge on any atom is -0.496 e. The summed E-state index contributed by atoms with van der Waals surface area (Å²) < 4.78 is 10.7. The van der Waals surface area contributed by atoms with E-state index in [2.05, 4.69) is 5.32 Å². The molecule has 1 aromatic heterocycles. The average Bonchev–Trinajstić information content (AvgIpc) is 3.11. The number of ether oxygens (including phenoxy) is 1. The summed E-state index contributed by atoms with van der Waals surface area (Å²) in [6.07, 6.45) is 0. The second kappa shape index (κ2) is 7.42. The summed E-state index contributed by atoms with van der Waals surface area (Å²) in [6, 6.07) is 15.6. The first kappa shape index (κ1) is 17.1. The van der Waals surface area contributed by atoms with Gasteiger partial charge in [0.2, 0.25) is 0 Å². The number of anilines is 1. The van der Waals surface area contributed by atoms with Crippen LogP contribution in [0.25, 0.3) is 11.3 Å². The van der Waals surface area contributed by atoms with Crippen LogP contribution < -0.4 is 10.1 Å². The number of hydrogen-bond acceptors (Lipinski definition) is 4. The molecule has 1 amide bonds. The Hall–Kier alpha value is -2.76. The summed E-state index contributed by atoms with van der Waals surface area (Å²) in [4.78, 5) is 12.4. The Labute approximate surface area is 149 Å². The van der Waals surface area contributed by atoms with Gasteiger partial charge in [-0.15, -0.1) is 0 Å². The van der Waals surface area contributed by atoms with E-state index in [0.29, 0.717) is 33.5 Å². The Morgan fingerprint density at radius 1 is 1.16 bits per heavy atom. The van der Waals surface area contributed by atoms with Crippen molar-refractivity contribution in [3.05, 3.63) is 70.9 Å². The third-order valence-electron chi connectivity index (χ3n) is 3.65. The third-order valence-corrected chi connectivity index (χ3v) is 3.89. The highest BCUT2D eigenvalue weighted by Crippen LogP contribution is 2.26. The van der Waals surface area contributed by atoms with E-state index in [1.807, 2.05) is 12.1 Å². The molecule has 3 rings (SSSR count). The lowest BCUT2D eigenvalue weighted by atomic mass is 10.1. The number of nitrogens with one attached hydrogen (secondary N) is 1. The van der Waals surface area contributed by atoms with Crippen molar-refractivity contribution in [1.29, 1.82) is 0 Å². The number of carbonyl (C=O) groups is 1. The fraction of sp³-hybridized carbons (Fsp3) is 0.105. The van der Waals surface area contributed by atoms with Gasteiger partial charge in [-0.1, -0.05) is 11.6 Å². The molecule has 0 aliphatic carbocycles. The van der Waals surface area contributed by atoms with Crippen LogP contribution in [0.1, 0.15) is 16.1 Å². The number of methoxy groups -OCH3 is 1. The maximum Gasteiger partial charge on any atom is 0.259 e. The quantitative estimate of drug-likeness (QED) is 0.712. The summed E-state index contributed by atoms with van der Waals surface area (Å²) in [6.45, 7) is -0.143. The molecule has 0 atom stereocenters. The lowest BCUT2D eigenvalue weighted by Crippen LogP contribution is -2.13. The maximum absolute atomic E-state index is 12.4. The second-order valence-electron chi connectivity index (χ2n) is 5.30.